The van der Waals surface area contributed by atoms with Crippen molar-refractivity contribution in [3.05, 3.63) is 70.6 Å². The molecule has 5 rings (SSSR count). The predicted molar refractivity (Wildman–Crippen MR) is 119 cm³/mol. The van der Waals surface area contributed by atoms with E-state index in [2.05, 4.69) is 40.5 Å². The third-order valence-electron chi connectivity index (χ3n) is 5.61. The van der Waals surface area contributed by atoms with Gasteiger partial charge in [0, 0.05) is 12.2 Å². The standard InChI is InChI=1S/C24H24N2O3S/c1-16(18-8-9-20-21(15-18)29-14-13-28-20)25-24(27)22-10-11-23(30-22)26-12-4-6-17-5-2-3-7-19(17)26/h2-3,5,7-11,15-16H,4,6,12-14H2,1H3,(H,25,27)/t16-/m1/s1. The van der Waals surface area contributed by atoms with Crippen molar-refractivity contribution >= 4 is 27.9 Å². The van der Waals surface area contributed by atoms with Gasteiger partial charge in [-0.1, -0.05) is 24.3 Å². The molecule has 1 aromatic heterocycles. The molecule has 1 atom stereocenters. The Bertz CT molecular complexity index is 1080. The zero-order valence-corrected chi connectivity index (χ0v) is 17.7. The molecule has 0 spiro atoms. The minimum Gasteiger partial charge on any atom is -0.486 e. The lowest BCUT2D eigenvalue weighted by Gasteiger charge is -2.30. The lowest BCUT2D eigenvalue weighted by Crippen LogP contribution is -2.26. The van der Waals surface area contributed by atoms with Gasteiger partial charge >= 0.3 is 0 Å². The predicted octanol–water partition coefficient (Wildman–Crippen LogP) is 5.09. The monoisotopic (exact) mass is 420 g/mol. The van der Waals surface area contributed by atoms with E-state index in [0.717, 1.165) is 46.3 Å². The molecule has 0 saturated heterocycles. The number of anilines is 2. The number of hydrogen-bond donors (Lipinski definition) is 1. The maximum atomic E-state index is 12.9. The molecular weight excluding hydrogens is 396 g/mol. The molecule has 2 aromatic carbocycles. The highest BCUT2D eigenvalue weighted by atomic mass is 32.1. The Balaban J connectivity index is 1.30. The second-order valence-corrected chi connectivity index (χ2v) is 8.68. The molecule has 1 amide bonds. The number of benzene rings is 2. The molecule has 1 N–H and O–H groups in total. The second-order valence-electron chi connectivity index (χ2n) is 7.62. The van der Waals surface area contributed by atoms with Crippen LogP contribution in [0.1, 0.15) is 40.2 Å². The zero-order valence-electron chi connectivity index (χ0n) is 16.9. The fourth-order valence-corrected chi connectivity index (χ4v) is 4.99. The van der Waals surface area contributed by atoms with Gasteiger partial charge < -0.3 is 19.7 Å². The van der Waals surface area contributed by atoms with Crippen molar-refractivity contribution in [1.82, 2.24) is 5.32 Å². The summed E-state index contributed by atoms with van der Waals surface area (Å²) in [7, 11) is 0. The number of fused-ring (bicyclic) bond motifs is 2. The Kier molecular flexibility index (Phi) is 5.09. The topological polar surface area (TPSA) is 50.8 Å². The molecule has 3 heterocycles. The average molecular weight is 421 g/mol. The van der Waals surface area contributed by atoms with E-state index in [1.807, 2.05) is 31.2 Å². The van der Waals surface area contributed by atoms with Crippen molar-refractivity contribution in [2.24, 2.45) is 0 Å². The van der Waals surface area contributed by atoms with E-state index in [1.54, 1.807) is 11.3 Å². The highest BCUT2D eigenvalue weighted by Gasteiger charge is 2.21. The van der Waals surface area contributed by atoms with E-state index < -0.39 is 0 Å². The number of thiophene rings is 1. The van der Waals surface area contributed by atoms with Crippen LogP contribution >= 0.6 is 11.3 Å². The number of carbonyl (C=O) groups is 1. The molecular formula is C24H24N2O3S. The van der Waals surface area contributed by atoms with Gasteiger partial charge in [0.1, 0.15) is 13.2 Å². The number of rotatable bonds is 4. The first-order chi connectivity index (χ1) is 14.7. The van der Waals surface area contributed by atoms with Gasteiger partial charge in [-0.05, 0) is 61.2 Å². The summed E-state index contributed by atoms with van der Waals surface area (Å²) in [6.07, 6.45) is 2.23. The minimum atomic E-state index is -0.130. The fraction of sp³-hybridized carbons (Fsp3) is 0.292. The molecule has 0 unspecified atom stereocenters. The van der Waals surface area contributed by atoms with E-state index in [-0.39, 0.29) is 11.9 Å². The molecule has 2 aliphatic rings. The van der Waals surface area contributed by atoms with Crippen LogP contribution in [-0.4, -0.2) is 25.7 Å². The molecule has 0 aliphatic carbocycles. The molecule has 5 nitrogen and oxygen atoms in total. The zero-order chi connectivity index (χ0) is 20.5. The van der Waals surface area contributed by atoms with Gasteiger partial charge in [-0.25, -0.2) is 0 Å². The average Bonchev–Trinajstić information content (AvgIpc) is 3.28. The van der Waals surface area contributed by atoms with Crippen LogP contribution in [0, 0.1) is 0 Å². The molecule has 0 bridgehead atoms. The van der Waals surface area contributed by atoms with Crippen LogP contribution in [0.15, 0.2) is 54.6 Å². The van der Waals surface area contributed by atoms with Gasteiger partial charge in [0.25, 0.3) is 5.91 Å². The molecule has 154 valence electrons. The van der Waals surface area contributed by atoms with Gasteiger partial charge in [0.15, 0.2) is 11.5 Å². The van der Waals surface area contributed by atoms with E-state index in [0.29, 0.717) is 13.2 Å². The largest absolute Gasteiger partial charge is 0.486 e. The molecule has 2 aliphatic heterocycles. The molecule has 0 radical (unpaired) electrons. The van der Waals surface area contributed by atoms with Crippen molar-refractivity contribution in [1.29, 1.82) is 0 Å². The Hall–Kier alpha value is -2.99. The summed E-state index contributed by atoms with van der Waals surface area (Å²) in [5.41, 5.74) is 3.62. The third kappa shape index (κ3) is 3.63. The number of ether oxygens (including phenoxy) is 2. The van der Waals surface area contributed by atoms with Crippen LogP contribution < -0.4 is 19.7 Å². The van der Waals surface area contributed by atoms with Crippen LogP contribution in [0.25, 0.3) is 0 Å². The summed E-state index contributed by atoms with van der Waals surface area (Å²) in [6.45, 7) is 4.08. The summed E-state index contributed by atoms with van der Waals surface area (Å²) in [5, 5.41) is 4.22. The Morgan fingerprint density at radius 1 is 1.07 bits per heavy atom. The maximum absolute atomic E-state index is 12.9. The van der Waals surface area contributed by atoms with Gasteiger partial charge in [-0.2, -0.15) is 0 Å². The number of aryl methyl sites for hydroxylation is 1. The van der Waals surface area contributed by atoms with Crippen molar-refractivity contribution in [3.63, 3.8) is 0 Å². The number of nitrogens with one attached hydrogen (secondary N) is 1. The van der Waals surface area contributed by atoms with Crippen LogP contribution in [0.4, 0.5) is 10.7 Å². The fourth-order valence-electron chi connectivity index (χ4n) is 4.04. The smallest absolute Gasteiger partial charge is 0.261 e. The van der Waals surface area contributed by atoms with Crippen LogP contribution in [-0.2, 0) is 6.42 Å². The van der Waals surface area contributed by atoms with Crippen molar-refractivity contribution in [3.8, 4) is 11.5 Å². The van der Waals surface area contributed by atoms with Crippen LogP contribution in [0.3, 0.4) is 0 Å². The molecule has 0 saturated carbocycles. The van der Waals surface area contributed by atoms with Crippen molar-refractivity contribution in [2.45, 2.75) is 25.8 Å². The number of para-hydroxylation sites is 1. The highest BCUT2D eigenvalue weighted by molar-refractivity contribution is 7.18. The minimum absolute atomic E-state index is 0.0565. The van der Waals surface area contributed by atoms with E-state index in [9.17, 15) is 4.79 Å². The highest BCUT2D eigenvalue weighted by Crippen LogP contribution is 2.37. The quantitative estimate of drug-likeness (QED) is 0.638. The summed E-state index contributed by atoms with van der Waals surface area (Å²) < 4.78 is 11.2. The van der Waals surface area contributed by atoms with Gasteiger partial charge in [-0.15, -0.1) is 11.3 Å². The van der Waals surface area contributed by atoms with Gasteiger partial charge in [0.05, 0.1) is 15.9 Å². The number of hydrogen-bond acceptors (Lipinski definition) is 5. The number of nitrogens with zero attached hydrogens (tertiary/aromatic N) is 1. The normalized spacial score (nSPS) is 16.0. The lowest BCUT2D eigenvalue weighted by molar-refractivity contribution is 0.0944. The van der Waals surface area contributed by atoms with Crippen LogP contribution in [0.2, 0.25) is 0 Å². The summed E-state index contributed by atoms with van der Waals surface area (Å²) in [4.78, 5) is 15.9. The molecule has 6 heteroatoms. The summed E-state index contributed by atoms with van der Waals surface area (Å²) >= 11 is 1.54. The van der Waals surface area contributed by atoms with Crippen LogP contribution in [0.5, 0.6) is 11.5 Å². The lowest BCUT2D eigenvalue weighted by atomic mass is 10.0. The van der Waals surface area contributed by atoms with Gasteiger partial charge in [0.2, 0.25) is 0 Å². The SMILES string of the molecule is C[C@@H](NC(=O)c1ccc(N2CCCc3ccccc32)s1)c1ccc2c(c1)OCCO2. The van der Waals surface area contributed by atoms with Crippen molar-refractivity contribution in [2.75, 3.05) is 24.7 Å². The summed E-state index contributed by atoms with van der Waals surface area (Å²) in [5.74, 6) is 1.44. The number of amides is 1. The third-order valence-corrected chi connectivity index (χ3v) is 6.71. The Labute approximate surface area is 180 Å². The molecule has 30 heavy (non-hydrogen) atoms. The molecule has 0 fully saturated rings. The molecule has 3 aromatic rings. The number of carbonyl (C=O) groups excluding carboxylic acids is 1. The van der Waals surface area contributed by atoms with E-state index >= 15 is 0 Å². The Morgan fingerprint density at radius 2 is 1.90 bits per heavy atom. The second kappa shape index (κ2) is 8.03. The first-order valence-electron chi connectivity index (χ1n) is 10.3. The first-order valence-corrected chi connectivity index (χ1v) is 11.2. The van der Waals surface area contributed by atoms with E-state index in [1.165, 1.54) is 11.3 Å². The van der Waals surface area contributed by atoms with Gasteiger partial charge in [-0.3, -0.25) is 4.79 Å². The first kappa shape index (κ1) is 19.0. The summed E-state index contributed by atoms with van der Waals surface area (Å²) in [6, 6.07) is 18.2. The Morgan fingerprint density at radius 3 is 2.80 bits per heavy atom. The van der Waals surface area contributed by atoms with E-state index in [4.69, 9.17) is 9.47 Å². The maximum Gasteiger partial charge on any atom is 0.261 e. The van der Waals surface area contributed by atoms with Crippen molar-refractivity contribution < 1.29 is 14.3 Å².